The molecule has 194 valence electrons. The zero-order chi connectivity index (χ0) is 26.4. The minimum absolute atomic E-state index is 0.0116. The zero-order valence-electron chi connectivity index (χ0n) is 21.8. The van der Waals surface area contributed by atoms with Crippen molar-refractivity contribution in [3.05, 3.63) is 58.7 Å². The van der Waals surface area contributed by atoms with Gasteiger partial charge in [0.25, 0.3) is 11.7 Å². The van der Waals surface area contributed by atoms with E-state index in [1.165, 1.54) is 19.1 Å². The molecule has 2 aromatic rings. The summed E-state index contributed by atoms with van der Waals surface area (Å²) in [5, 5.41) is 11.3. The number of rotatable bonds is 11. The third-order valence-electron chi connectivity index (χ3n) is 5.90. The smallest absolute Gasteiger partial charge is 0.295 e. The zero-order valence-corrected chi connectivity index (χ0v) is 21.8. The highest BCUT2D eigenvalue weighted by Crippen LogP contribution is 2.42. The molecule has 1 atom stereocenters. The van der Waals surface area contributed by atoms with Gasteiger partial charge in [0.15, 0.2) is 11.5 Å². The Kier molecular flexibility index (Phi) is 8.98. The fourth-order valence-electron chi connectivity index (χ4n) is 4.15. The van der Waals surface area contributed by atoms with Gasteiger partial charge in [0.05, 0.1) is 38.5 Å². The first-order valence-corrected chi connectivity index (χ1v) is 12.0. The first kappa shape index (κ1) is 27.1. The lowest BCUT2D eigenvalue weighted by atomic mass is 9.94. The Morgan fingerprint density at radius 2 is 1.75 bits per heavy atom. The predicted octanol–water partition coefficient (Wildman–Crippen LogP) is 4.51. The standard InChI is InChI=1S/C28H35NO7/c1-7-35-22-11-8-19(15-23(22)34-6)25-24(27(31)28(32)29(25)12-13-33-5)26(30)20-9-10-21(18(4)14-20)36-16-17(2)3/h8-11,14-15,17,25,30H,7,12-13,16H2,1-6H3/b26-24+/t25-/m0/s1. The van der Waals surface area contributed by atoms with E-state index in [0.29, 0.717) is 47.5 Å². The maximum absolute atomic E-state index is 13.2. The SMILES string of the molecule is CCOc1ccc([C@H]2/C(=C(\O)c3ccc(OCC(C)C)c(C)c3)C(=O)C(=O)N2CCOC)cc1OC. The van der Waals surface area contributed by atoms with Crippen molar-refractivity contribution in [2.75, 3.05) is 40.6 Å². The monoisotopic (exact) mass is 497 g/mol. The molecule has 0 aromatic heterocycles. The van der Waals surface area contributed by atoms with Crippen LogP contribution in [0.4, 0.5) is 0 Å². The number of carbonyl (C=O) groups is 2. The molecule has 0 radical (unpaired) electrons. The van der Waals surface area contributed by atoms with Gasteiger partial charge in [-0.05, 0) is 61.2 Å². The van der Waals surface area contributed by atoms with Gasteiger partial charge in [-0.1, -0.05) is 19.9 Å². The van der Waals surface area contributed by atoms with Crippen LogP contribution in [0, 0.1) is 12.8 Å². The largest absolute Gasteiger partial charge is 0.507 e. The number of ether oxygens (including phenoxy) is 4. The van der Waals surface area contributed by atoms with Gasteiger partial charge in [0.2, 0.25) is 0 Å². The van der Waals surface area contributed by atoms with Crippen molar-refractivity contribution in [1.82, 2.24) is 4.90 Å². The van der Waals surface area contributed by atoms with Crippen LogP contribution in [0.2, 0.25) is 0 Å². The highest BCUT2D eigenvalue weighted by molar-refractivity contribution is 6.46. The molecule has 2 aromatic carbocycles. The van der Waals surface area contributed by atoms with Crippen LogP contribution < -0.4 is 14.2 Å². The number of aliphatic hydroxyl groups is 1. The predicted molar refractivity (Wildman–Crippen MR) is 137 cm³/mol. The lowest BCUT2D eigenvalue weighted by molar-refractivity contribution is -0.140. The van der Waals surface area contributed by atoms with Crippen molar-refractivity contribution in [1.29, 1.82) is 0 Å². The van der Waals surface area contributed by atoms with Crippen molar-refractivity contribution in [2.24, 2.45) is 5.92 Å². The van der Waals surface area contributed by atoms with Crippen LogP contribution in [0.5, 0.6) is 17.2 Å². The maximum atomic E-state index is 13.2. The van der Waals surface area contributed by atoms with Crippen molar-refractivity contribution in [3.63, 3.8) is 0 Å². The molecule has 1 aliphatic rings. The summed E-state index contributed by atoms with van der Waals surface area (Å²) in [6.07, 6.45) is 0. The number of carbonyl (C=O) groups excluding carboxylic acids is 2. The average molecular weight is 498 g/mol. The number of ketones is 1. The van der Waals surface area contributed by atoms with Crippen molar-refractivity contribution >= 4 is 17.4 Å². The minimum Gasteiger partial charge on any atom is -0.507 e. The van der Waals surface area contributed by atoms with E-state index < -0.39 is 17.7 Å². The van der Waals surface area contributed by atoms with Gasteiger partial charge in [-0.25, -0.2) is 0 Å². The Hall–Kier alpha value is -3.52. The Bertz CT molecular complexity index is 1140. The number of amides is 1. The summed E-state index contributed by atoms with van der Waals surface area (Å²) in [6, 6.07) is 9.62. The fourth-order valence-corrected chi connectivity index (χ4v) is 4.15. The molecule has 8 nitrogen and oxygen atoms in total. The number of nitrogens with zero attached hydrogens (tertiary/aromatic N) is 1. The number of hydrogen-bond donors (Lipinski definition) is 1. The fraction of sp³-hybridized carbons (Fsp3) is 0.429. The Labute approximate surface area is 212 Å². The van der Waals surface area contributed by atoms with E-state index in [2.05, 4.69) is 13.8 Å². The quantitative estimate of drug-likeness (QED) is 0.277. The summed E-state index contributed by atoms with van der Waals surface area (Å²) in [4.78, 5) is 27.7. The van der Waals surface area contributed by atoms with E-state index in [1.807, 2.05) is 13.8 Å². The number of methoxy groups -OCH3 is 2. The van der Waals surface area contributed by atoms with Crippen molar-refractivity contribution in [2.45, 2.75) is 33.7 Å². The number of aryl methyl sites for hydroxylation is 1. The van der Waals surface area contributed by atoms with Crippen LogP contribution in [-0.2, 0) is 14.3 Å². The van der Waals surface area contributed by atoms with Crippen LogP contribution in [-0.4, -0.2) is 62.3 Å². The average Bonchev–Trinajstić information content (AvgIpc) is 3.11. The van der Waals surface area contributed by atoms with E-state index in [-0.39, 0.29) is 24.5 Å². The molecular formula is C28H35NO7. The molecule has 36 heavy (non-hydrogen) atoms. The van der Waals surface area contributed by atoms with Crippen molar-refractivity contribution < 1.29 is 33.6 Å². The van der Waals surface area contributed by atoms with E-state index in [1.54, 1.807) is 36.4 Å². The molecule has 3 rings (SSSR count). The number of likely N-dealkylation sites (tertiary alicyclic amines) is 1. The molecule has 1 fully saturated rings. The third-order valence-corrected chi connectivity index (χ3v) is 5.90. The van der Waals surface area contributed by atoms with Crippen LogP contribution in [0.15, 0.2) is 42.0 Å². The molecule has 1 amide bonds. The number of benzene rings is 2. The van der Waals surface area contributed by atoms with Gasteiger partial charge >= 0.3 is 0 Å². The molecular weight excluding hydrogens is 462 g/mol. The normalized spacial score (nSPS) is 17.1. The summed E-state index contributed by atoms with van der Waals surface area (Å²) >= 11 is 0. The topological polar surface area (TPSA) is 94.5 Å². The summed E-state index contributed by atoms with van der Waals surface area (Å²) in [7, 11) is 3.05. The summed E-state index contributed by atoms with van der Waals surface area (Å²) in [5.41, 5.74) is 1.86. The van der Waals surface area contributed by atoms with Gasteiger partial charge in [-0.15, -0.1) is 0 Å². The first-order chi connectivity index (χ1) is 17.2. The molecule has 0 bridgehead atoms. The van der Waals surface area contributed by atoms with Crippen LogP contribution in [0.1, 0.15) is 43.5 Å². The van der Waals surface area contributed by atoms with E-state index >= 15 is 0 Å². The molecule has 1 saturated heterocycles. The van der Waals surface area contributed by atoms with Gasteiger partial charge in [0.1, 0.15) is 11.5 Å². The Morgan fingerprint density at radius 1 is 1.03 bits per heavy atom. The van der Waals surface area contributed by atoms with Crippen LogP contribution in [0.25, 0.3) is 5.76 Å². The molecule has 0 spiro atoms. The molecule has 8 heteroatoms. The van der Waals surface area contributed by atoms with Gasteiger partial charge in [-0.2, -0.15) is 0 Å². The van der Waals surface area contributed by atoms with E-state index in [4.69, 9.17) is 18.9 Å². The third kappa shape index (κ3) is 5.65. The second kappa shape index (κ2) is 11.9. The first-order valence-electron chi connectivity index (χ1n) is 12.0. The Morgan fingerprint density at radius 3 is 2.36 bits per heavy atom. The summed E-state index contributed by atoms with van der Waals surface area (Å²) < 4.78 is 22.1. The number of Topliss-reactive ketones (excluding diaryl/α,β-unsaturated/α-hetero) is 1. The van der Waals surface area contributed by atoms with Crippen LogP contribution in [0.3, 0.4) is 0 Å². The second-order valence-electron chi connectivity index (χ2n) is 9.01. The molecule has 0 saturated carbocycles. The van der Waals surface area contributed by atoms with Crippen molar-refractivity contribution in [3.8, 4) is 17.2 Å². The number of aliphatic hydroxyl groups excluding tert-OH is 1. The molecule has 1 heterocycles. The van der Waals surface area contributed by atoms with Crippen LogP contribution >= 0.6 is 0 Å². The summed E-state index contributed by atoms with van der Waals surface area (Å²) in [5.74, 6) is 0.392. The maximum Gasteiger partial charge on any atom is 0.295 e. The highest BCUT2D eigenvalue weighted by Gasteiger charge is 2.46. The van der Waals surface area contributed by atoms with E-state index in [0.717, 1.165) is 5.56 Å². The summed E-state index contributed by atoms with van der Waals surface area (Å²) in [6.45, 7) is 9.31. The Balaban J connectivity index is 2.11. The highest BCUT2D eigenvalue weighted by atomic mass is 16.5. The molecule has 1 aliphatic heterocycles. The lowest BCUT2D eigenvalue weighted by Gasteiger charge is -2.25. The molecule has 0 aliphatic carbocycles. The minimum atomic E-state index is -0.818. The van der Waals surface area contributed by atoms with Gasteiger partial charge in [-0.3, -0.25) is 9.59 Å². The second-order valence-corrected chi connectivity index (χ2v) is 9.01. The van der Waals surface area contributed by atoms with E-state index in [9.17, 15) is 14.7 Å². The number of hydrogen-bond acceptors (Lipinski definition) is 7. The van der Waals surface area contributed by atoms with Gasteiger partial charge in [0, 0.05) is 19.2 Å². The molecule has 1 N–H and O–H groups in total. The van der Waals surface area contributed by atoms with Gasteiger partial charge < -0.3 is 29.0 Å². The lowest BCUT2D eigenvalue weighted by Crippen LogP contribution is -2.32. The molecule has 0 unspecified atom stereocenters.